The largest absolute Gasteiger partial charge is 1.00 e. The summed E-state index contributed by atoms with van der Waals surface area (Å²) < 4.78 is 19.7. The van der Waals surface area contributed by atoms with Crippen LogP contribution in [-0.2, 0) is 17.5 Å². The first-order chi connectivity index (χ1) is 8.74. The van der Waals surface area contributed by atoms with Crippen molar-refractivity contribution in [2.24, 2.45) is 0 Å². The average molecular weight is 292 g/mol. The molecule has 104 valence electrons. The summed E-state index contributed by atoms with van der Waals surface area (Å²) in [7, 11) is 0. The summed E-state index contributed by atoms with van der Waals surface area (Å²) in [6.07, 6.45) is 10.3. The molecule has 1 unspecified atom stereocenters. The molecule has 1 aromatic rings. The number of hydrogen-bond donors (Lipinski definition) is 1. The number of rotatable bonds is 9. The average Bonchev–Trinajstić information content (AvgIpc) is 2.38. The van der Waals surface area contributed by atoms with Crippen LogP contribution < -0.4 is 29.6 Å². The number of unbranched alkanes of at least 4 members (excludes halogenated alkanes) is 6. The maximum absolute atomic E-state index is 10.8. The fourth-order valence-electron chi connectivity index (χ4n) is 2.06. The molecule has 0 bridgehead atoms. The summed E-state index contributed by atoms with van der Waals surface area (Å²) in [5.41, 5.74) is 1.26. The van der Waals surface area contributed by atoms with E-state index < -0.39 is 11.1 Å². The zero-order valence-corrected chi connectivity index (χ0v) is 15.0. The summed E-state index contributed by atoms with van der Waals surface area (Å²) >= 11 is -1.85. The smallest absolute Gasteiger partial charge is 1.00 e. The molecule has 2 nitrogen and oxygen atoms in total. The third kappa shape index (κ3) is 8.98. The molecular weight excluding hydrogens is 267 g/mol. The number of aryl methyl sites for hydroxylation is 1. The molecule has 0 spiro atoms. The molecule has 0 radical (unpaired) electrons. The monoisotopic (exact) mass is 292 g/mol. The molecule has 0 aliphatic rings. The zero-order valence-electron chi connectivity index (χ0n) is 13.2. The summed E-state index contributed by atoms with van der Waals surface area (Å²) in [6.45, 7) is 2.24. The van der Waals surface area contributed by atoms with Crippen molar-refractivity contribution in [1.82, 2.24) is 0 Å². The van der Waals surface area contributed by atoms with Gasteiger partial charge in [0.2, 0.25) is 0 Å². The molecule has 0 aromatic heterocycles. The van der Waals surface area contributed by atoms with Crippen molar-refractivity contribution in [2.45, 2.75) is 63.2 Å². The van der Waals surface area contributed by atoms with E-state index in [0.717, 1.165) is 6.42 Å². The van der Waals surface area contributed by atoms with Crippen molar-refractivity contribution in [3.63, 3.8) is 0 Å². The van der Waals surface area contributed by atoms with Crippen molar-refractivity contribution < 1.29 is 39.7 Å². The second-order valence-corrected chi connectivity index (χ2v) is 5.73. The van der Waals surface area contributed by atoms with Gasteiger partial charge in [0.05, 0.1) is 4.90 Å². The van der Waals surface area contributed by atoms with Gasteiger partial charge in [0, 0.05) is 0 Å². The molecule has 0 aliphatic heterocycles. The minimum Gasteiger partial charge on any atom is -1.00 e. The molecule has 1 aromatic carbocycles. The predicted molar refractivity (Wildman–Crippen MR) is 78.3 cm³/mol. The molecule has 0 amide bonds. The standard InChI is InChI=1S/C15H24O2S.Na.H/c1-2-3-4-5-6-7-8-9-14-10-12-15(13-11-14)18(16)17;;/h10-13H,2-9H2,1H3,(H,16,17);;/q;+1;-1. The quantitative estimate of drug-likeness (QED) is 0.427. The van der Waals surface area contributed by atoms with E-state index in [0.29, 0.717) is 4.90 Å². The van der Waals surface area contributed by atoms with Gasteiger partial charge in [0.25, 0.3) is 0 Å². The van der Waals surface area contributed by atoms with Crippen molar-refractivity contribution in [3.05, 3.63) is 29.8 Å². The van der Waals surface area contributed by atoms with Gasteiger partial charge >= 0.3 is 29.6 Å². The Balaban J connectivity index is 0. The normalized spacial score (nSPS) is 11.9. The first-order valence-corrected chi connectivity index (χ1v) is 8.04. The van der Waals surface area contributed by atoms with Crippen LogP contribution in [-0.4, -0.2) is 8.76 Å². The fourth-order valence-corrected chi connectivity index (χ4v) is 2.43. The Kier molecular flexibility index (Phi) is 12.3. The van der Waals surface area contributed by atoms with E-state index in [2.05, 4.69) is 6.92 Å². The van der Waals surface area contributed by atoms with Gasteiger partial charge in [-0.15, -0.1) is 0 Å². The van der Waals surface area contributed by atoms with Crippen LogP contribution in [0.25, 0.3) is 0 Å². The first-order valence-electron chi connectivity index (χ1n) is 6.94. The first kappa shape index (κ1) is 19.3. The van der Waals surface area contributed by atoms with E-state index in [1.54, 1.807) is 12.1 Å². The third-order valence-electron chi connectivity index (χ3n) is 3.19. The van der Waals surface area contributed by atoms with Gasteiger partial charge in [-0.25, -0.2) is 4.21 Å². The van der Waals surface area contributed by atoms with E-state index in [1.165, 1.54) is 50.5 Å². The summed E-state index contributed by atoms with van der Waals surface area (Å²) in [5.74, 6) is 0. The Morgan fingerprint density at radius 3 is 2.05 bits per heavy atom. The van der Waals surface area contributed by atoms with Crippen LogP contribution in [0.4, 0.5) is 0 Å². The molecule has 0 saturated heterocycles. The molecule has 4 heteroatoms. The van der Waals surface area contributed by atoms with Crippen LogP contribution in [0.3, 0.4) is 0 Å². The Bertz CT molecular complexity index is 357. The van der Waals surface area contributed by atoms with Gasteiger partial charge in [0.15, 0.2) is 11.1 Å². The SMILES string of the molecule is CCCCCCCCCc1ccc(S(=O)O)cc1.[H-].[Na+]. The summed E-state index contributed by atoms with van der Waals surface area (Å²) in [4.78, 5) is 0.485. The Hall–Kier alpha value is 0.330. The van der Waals surface area contributed by atoms with Gasteiger partial charge in [-0.2, -0.15) is 0 Å². The summed E-state index contributed by atoms with van der Waals surface area (Å²) in [6, 6.07) is 7.40. The van der Waals surface area contributed by atoms with Crippen molar-refractivity contribution >= 4 is 11.1 Å². The Morgan fingerprint density at radius 2 is 1.53 bits per heavy atom. The van der Waals surface area contributed by atoms with E-state index in [4.69, 9.17) is 4.55 Å². The number of hydrogen-bond acceptors (Lipinski definition) is 1. The molecule has 0 heterocycles. The van der Waals surface area contributed by atoms with Gasteiger partial charge < -0.3 is 5.98 Å². The van der Waals surface area contributed by atoms with Crippen LogP contribution in [0.2, 0.25) is 0 Å². The van der Waals surface area contributed by atoms with Gasteiger partial charge in [0.1, 0.15) is 0 Å². The Labute approximate surface area is 143 Å². The second kappa shape index (κ2) is 12.1. The molecule has 1 rings (SSSR count). The van der Waals surface area contributed by atoms with E-state index in [-0.39, 0.29) is 31.0 Å². The van der Waals surface area contributed by atoms with Crippen molar-refractivity contribution in [2.75, 3.05) is 0 Å². The topological polar surface area (TPSA) is 37.3 Å². The van der Waals surface area contributed by atoms with Crippen LogP contribution in [0.1, 0.15) is 58.9 Å². The molecule has 1 atom stereocenters. The maximum atomic E-state index is 10.8. The van der Waals surface area contributed by atoms with Crippen LogP contribution in [0.15, 0.2) is 29.2 Å². The maximum Gasteiger partial charge on any atom is 1.00 e. The minimum atomic E-state index is -1.85. The Morgan fingerprint density at radius 1 is 1.00 bits per heavy atom. The van der Waals surface area contributed by atoms with Crippen molar-refractivity contribution in [1.29, 1.82) is 0 Å². The molecule has 1 N–H and O–H groups in total. The van der Waals surface area contributed by atoms with Crippen molar-refractivity contribution in [3.8, 4) is 0 Å². The molecule has 19 heavy (non-hydrogen) atoms. The minimum absolute atomic E-state index is 0. The second-order valence-electron chi connectivity index (χ2n) is 4.76. The molecule has 0 aliphatic carbocycles. The van der Waals surface area contributed by atoms with E-state index >= 15 is 0 Å². The number of benzene rings is 1. The van der Waals surface area contributed by atoms with Gasteiger partial charge in [-0.05, 0) is 30.5 Å². The van der Waals surface area contributed by atoms with Crippen LogP contribution >= 0.6 is 0 Å². The van der Waals surface area contributed by atoms with E-state index in [9.17, 15) is 4.21 Å². The van der Waals surface area contributed by atoms with Gasteiger partial charge in [-0.3, -0.25) is 0 Å². The molecular formula is C15H25NaO2S. The summed E-state index contributed by atoms with van der Waals surface area (Å²) in [5, 5.41) is 0. The zero-order chi connectivity index (χ0) is 13.2. The molecule has 0 saturated carbocycles. The molecule has 0 fully saturated rings. The van der Waals surface area contributed by atoms with Crippen LogP contribution in [0, 0.1) is 0 Å². The van der Waals surface area contributed by atoms with E-state index in [1.807, 2.05) is 12.1 Å². The van der Waals surface area contributed by atoms with Crippen LogP contribution in [0.5, 0.6) is 0 Å². The predicted octanol–water partition coefficient (Wildman–Crippen LogP) is 1.68. The fraction of sp³-hybridized carbons (Fsp3) is 0.600. The van der Waals surface area contributed by atoms with Gasteiger partial charge in [-0.1, -0.05) is 57.6 Å². The third-order valence-corrected chi connectivity index (χ3v) is 3.87.